The summed E-state index contributed by atoms with van der Waals surface area (Å²) in [6, 6.07) is 12.3. The van der Waals surface area contributed by atoms with Crippen molar-refractivity contribution < 1.29 is 13.9 Å². The second kappa shape index (κ2) is 8.90. The summed E-state index contributed by atoms with van der Waals surface area (Å²) >= 11 is 1.55. The smallest absolute Gasteiger partial charge is 0.191 e. The van der Waals surface area contributed by atoms with E-state index in [0.29, 0.717) is 24.7 Å². The maximum absolute atomic E-state index is 13.0. The first-order chi connectivity index (χ1) is 13.1. The number of thioether (sulfide) groups is 1. The number of nitrogens with zero attached hydrogens (tertiary/aromatic N) is 3. The van der Waals surface area contributed by atoms with Crippen molar-refractivity contribution in [1.82, 2.24) is 14.8 Å². The first kappa shape index (κ1) is 19.2. The minimum Gasteiger partial charge on any atom is -0.490 e. The molecular weight excluding hydrogens is 365 g/mol. The SMILES string of the molecule is CCOc1cc(C)ccc1OCc1nnc(SCc2ccc(F)cc2)n1C. The van der Waals surface area contributed by atoms with Gasteiger partial charge in [-0.2, -0.15) is 0 Å². The summed E-state index contributed by atoms with van der Waals surface area (Å²) in [5.41, 5.74) is 2.15. The van der Waals surface area contributed by atoms with Gasteiger partial charge in [-0.15, -0.1) is 10.2 Å². The van der Waals surface area contributed by atoms with E-state index in [-0.39, 0.29) is 5.82 Å². The molecule has 0 aliphatic carbocycles. The summed E-state index contributed by atoms with van der Waals surface area (Å²) in [5.74, 6) is 2.60. The van der Waals surface area contributed by atoms with Gasteiger partial charge in [0.15, 0.2) is 22.5 Å². The Morgan fingerprint density at radius 1 is 1.04 bits per heavy atom. The molecule has 0 saturated carbocycles. The lowest BCUT2D eigenvalue weighted by molar-refractivity contribution is 0.260. The van der Waals surface area contributed by atoms with Gasteiger partial charge in [-0.05, 0) is 49.2 Å². The van der Waals surface area contributed by atoms with Crippen LogP contribution in [0.1, 0.15) is 23.9 Å². The number of halogens is 1. The highest BCUT2D eigenvalue weighted by Gasteiger charge is 2.12. The predicted molar refractivity (Wildman–Crippen MR) is 104 cm³/mol. The third kappa shape index (κ3) is 5.01. The van der Waals surface area contributed by atoms with Gasteiger partial charge in [0.05, 0.1) is 6.61 Å². The summed E-state index contributed by atoms with van der Waals surface area (Å²) in [6.07, 6.45) is 0. The summed E-state index contributed by atoms with van der Waals surface area (Å²) < 4.78 is 26.4. The van der Waals surface area contributed by atoms with Crippen LogP contribution in [-0.4, -0.2) is 21.4 Å². The van der Waals surface area contributed by atoms with Crippen LogP contribution >= 0.6 is 11.8 Å². The molecule has 0 radical (unpaired) electrons. The maximum atomic E-state index is 13.0. The molecule has 1 aromatic heterocycles. The van der Waals surface area contributed by atoms with Crippen molar-refractivity contribution in [3.05, 3.63) is 65.2 Å². The fourth-order valence-electron chi connectivity index (χ4n) is 2.47. The molecule has 27 heavy (non-hydrogen) atoms. The molecule has 3 aromatic rings. The second-order valence-electron chi connectivity index (χ2n) is 6.04. The lowest BCUT2D eigenvalue weighted by Crippen LogP contribution is -2.05. The third-order valence-corrected chi connectivity index (χ3v) is 5.05. The van der Waals surface area contributed by atoms with Gasteiger partial charge in [0.2, 0.25) is 0 Å². The fourth-order valence-corrected chi connectivity index (χ4v) is 3.36. The average Bonchev–Trinajstić information content (AvgIpc) is 3.01. The highest BCUT2D eigenvalue weighted by Crippen LogP contribution is 2.29. The number of hydrogen-bond donors (Lipinski definition) is 0. The Morgan fingerprint density at radius 3 is 2.56 bits per heavy atom. The molecule has 0 aliphatic heterocycles. The van der Waals surface area contributed by atoms with Crippen molar-refractivity contribution in [3.8, 4) is 11.5 Å². The molecule has 0 atom stereocenters. The molecule has 0 saturated heterocycles. The number of aromatic nitrogens is 3. The Bertz CT molecular complexity index is 897. The van der Waals surface area contributed by atoms with Gasteiger partial charge in [-0.3, -0.25) is 0 Å². The molecular formula is C20H22FN3O2S. The molecule has 142 valence electrons. The number of aryl methyl sites for hydroxylation is 1. The van der Waals surface area contributed by atoms with E-state index in [1.807, 2.05) is 43.7 Å². The van der Waals surface area contributed by atoms with E-state index in [2.05, 4.69) is 10.2 Å². The predicted octanol–water partition coefficient (Wildman–Crippen LogP) is 4.53. The normalized spacial score (nSPS) is 10.8. The van der Waals surface area contributed by atoms with Crippen molar-refractivity contribution in [2.24, 2.45) is 7.05 Å². The van der Waals surface area contributed by atoms with Crippen LogP contribution in [-0.2, 0) is 19.4 Å². The topological polar surface area (TPSA) is 49.2 Å². The Balaban J connectivity index is 1.63. The van der Waals surface area contributed by atoms with Gasteiger partial charge < -0.3 is 14.0 Å². The molecule has 0 aliphatic rings. The van der Waals surface area contributed by atoms with Crippen LogP contribution in [0.5, 0.6) is 11.5 Å². The Hall–Kier alpha value is -2.54. The van der Waals surface area contributed by atoms with Crippen LogP contribution in [0.2, 0.25) is 0 Å². The van der Waals surface area contributed by atoms with Gasteiger partial charge in [-0.25, -0.2) is 4.39 Å². The van der Waals surface area contributed by atoms with Crippen LogP contribution in [0.4, 0.5) is 4.39 Å². The van der Waals surface area contributed by atoms with Crippen molar-refractivity contribution in [2.45, 2.75) is 31.4 Å². The lowest BCUT2D eigenvalue weighted by atomic mass is 10.2. The van der Waals surface area contributed by atoms with E-state index in [9.17, 15) is 4.39 Å². The van der Waals surface area contributed by atoms with E-state index >= 15 is 0 Å². The average molecular weight is 387 g/mol. The molecule has 0 N–H and O–H groups in total. The summed E-state index contributed by atoms with van der Waals surface area (Å²) in [4.78, 5) is 0. The largest absolute Gasteiger partial charge is 0.490 e. The third-order valence-electron chi connectivity index (χ3n) is 3.96. The molecule has 2 aromatic carbocycles. The van der Waals surface area contributed by atoms with Crippen LogP contribution in [0.3, 0.4) is 0 Å². The molecule has 0 unspecified atom stereocenters. The van der Waals surface area contributed by atoms with E-state index in [4.69, 9.17) is 9.47 Å². The quantitative estimate of drug-likeness (QED) is 0.532. The highest BCUT2D eigenvalue weighted by molar-refractivity contribution is 7.98. The number of rotatable bonds is 8. The lowest BCUT2D eigenvalue weighted by Gasteiger charge is -2.12. The minimum absolute atomic E-state index is 0.232. The molecule has 0 spiro atoms. The van der Waals surface area contributed by atoms with Gasteiger partial charge >= 0.3 is 0 Å². The van der Waals surface area contributed by atoms with Crippen LogP contribution < -0.4 is 9.47 Å². The van der Waals surface area contributed by atoms with Crippen molar-refractivity contribution >= 4 is 11.8 Å². The molecule has 0 bridgehead atoms. The van der Waals surface area contributed by atoms with E-state index in [0.717, 1.165) is 27.9 Å². The summed E-state index contributed by atoms with van der Waals surface area (Å²) in [7, 11) is 1.91. The molecule has 0 fully saturated rings. The zero-order valence-corrected chi connectivity index (χ0v) is 16.4. The Labute approximate surface area is 162 Å². The first-order valence-corrected chi connectivity index (χ1v) is 9.67. The standard InChI is InChI=1S/C20H22FN3O2S/c1-4-25-18-11-14(2)5-10-17(18)26-12-19-22-23-20(24(19)3)27-13-15-6-8-16(21)9-7-15/h5-11H,4,12-13H2,1-3H3. The summed E-state index contributed by atoms with van der Waals surface area (Å²) in [5, 5.41) is 9.22. The van der Waals surface area contributed by atoms with Gasteiger partial charge in [0.1, 0.15) is 12.4 Å². The molecule has 5 nitrogen and oxygen atoms in total. The van der Waals surface area contributed by atoms with E-state index in [1.165, 1.54) is 12.1 Å². The van der Waals surface area contributed by atoms with Gasteiger partial charge in [0, 0.05) is 12.8 Å². The van der Waals surface area contributed by atoms with Crippen LogP contribution in [0.25, 0.3) is 0 Å². The Morgan fingerprint density at radius 2 is 1.81 bits per heavy atom. The van der Waals surface area contributed by atoms with Crippen molar-refractivity contribution in [2.75, 3.05) is 6.61 Å². The first-order valence-electron chi connectivity index (χ1n) is 8.68. The van der Waals surface area contributed by atoms with Gasteiger partial charge in [-0.1, -0.05) is 30.0 Å². The maximum Gasteiger partial charge on any atom is 0.191 e. The second-order valence-corrected chi connectivity index (χ2v) is 6.99. The number of hydrogen-bond acceptors (Lipinski definition) is 5. The highest BCUT2D eigenvalue weighted by atomic mass is 32.2. The fraction of sp³-hybridized carbons (Fsp3) is 0.300. The van der Waals surface area contributed by atoms with Gasteiger partial charge in [0.25, 0.3) is 0 Å². The van der Waals surface area contributed by atoms with Crippen LogP contribution in [0, 0.1) is 12.7 Å². The molecule has 7 heteroatoms. The monoisotopic (exact) mass is 387 g/mol. The van der Waals surface area contributed by atoms with Crippen molar-refractivity contribution in [1.29, 1.82) is 0 Å². The molecule has 0 amide bonds. The molecule has 1 heterocycles. The number of benzene rings is 2. The Kier molecular flexibility index (Phi) is 6.34. The number of ether oxygens (including phenoxy) is 2. The minimum atomic E-state index is -0.232. The molecule has 3 rings (SSSR count). The van der Waals surface area contributed by atoms with E-state index < -0.39 is 0 Å². The van der Waals surface area contributed by atoms with Crippen LogP contribution in [0.15, 0.2) is 47.6 Å². The van der Waals surface area contributed by atoms with E-state index in [1.54, 1.807) is 23.9 Å². The van der Waals surface area contributed by atoms with Crippen molar-refractivity contribution in [3.63, 3.8) is 0 Å². The summed E-state index contributed by atoms with van der Waals surface area (Å²) in [6.45, 7) is 4.83. The zero-order chi connectivity index (χ0) is 19.2. The zero-order valence-electron chi connectivity index (χ0n) is 15.6.